The Morgan fingerprint density at radius 1 is 1.57 bits per heavy atom. The van der Waals surface area contributed by atoms with Crippen molar-refractivity contribution < 1.29 is 0 Å². The molecule has 0 aliphatic rings. The number of hydrogen-bond acceptors (Lipinski definition) is 3. The van der Waals surface area contributed by atoms with Crippen LogP contribution in [0.1, 0.15) is 0 Å². The summed E-state index contributed by atoms with van der Waals surface area (Å²) in [4.78, 5) is 0. The Hall–Kier alpha value is -0.640. The average molecular weight is 102 g/mol. The van der Waals surface area contributed by atoms with Crippen LogP contribution in [0, 0.1) is 0 Å². The van der Waals surface area contributed by atoms with Gasteiger partial charge in [-0.05, 0) is 0 Å². The van der Waals surface area contributed by atoms with Crippen molar-refractivity contribution in [2.24, 2.45) is 10.3 Å². The van der Waals surface area contributed by atoms with Crippen molar-refractivity contribution in [3.63, 3.8) is 0 Å². The summed E-state index contributed by atoms with van der Waals surface area (Å²) in [5, 5.41) is 8.60. The van der Waals surface area contributed by atoms with Crippen LogP contribution >= 0.6 is 0 Å². The Morgan fingerprint density at radius 2 is 2.14 bits per heavy atom. The molecule has 0 atom stereocenters. The first kappa shape index (κ1) is 6.36. The summed E-state index contributed by atoms with van der Waals surface area (Å²) in [7, 11) is 5.16. The van der Waals surface area contributed by atoms with E-state index in [1.807, 2.05) is 0 Å². The largest absolute Gasteiger partial charge is 0.220 e. The van der Waals surface area contributed by atoms with E-state index in [0.717, 1.165) is 0 Å². The van der Waals surface area contributed by atoms with E-state index in [4.69, 9.17) is 0 Å². The molecule has 0 saturated heterocycles. The molecule has 0 radical (unpaired) electrons. The summed E-state index contributed by atoms with van der Waals surface area (Å²) in [6.07, 6.45) is 0. The second-order valence-electron chi connectivity index (χ2n) is 1.04. The molecule has 0 aromatic heterocycles. The maximum atomic E-state index is 3.59. The van der Waals surface area contributed by atoms with Crippen LogP contribution in [0.3, 0.4) is 0 Å². The molecule has 0 fully saturated rings. The van der Waals surface area contributed by atoms with Crippen molar-refractivity contribution in [1.29, 1.82) is 0 Å². The minimum atomic E-state index is 1.51. The lowest BCUT2D eigenvalue weighted by atomic mass is 11.3. The van der Waals surface area contributed by atoms with E-state index in [1.165, 1.54) is 5.12 Å². The molecule has 42 valence electrons. The number of hydrazine groups is 1. The molecular formula is C3H10N4. The molecule has 0 aromatic carbocycles. The second-order valence-corrected chi connectivity index (χ2v) is 1.04. The Balaban J connectivity index is 3.16. The highest BCUT2D eigenvalue weighted by atomic mass is 15.7. The summed E-state index contributed by atoms with van der Waals surface area (Å²) >= 11 is 0. The molecule has 1 N–H and O–H groups in total. The fraction of sp³-hybridized carbons (Fsp3) is 1.00. The second kappa shape index (κ2) is 3.55. The fourth-order valence-electron chi connectivity index (χ4n) is 0.179. The van der Waals surface area contributed by atoms with Gasteiger partial charge in [-0.25, -0.2) is 10.5 Å². The summed E-state index contributed by atoms with van der Waals surface area (Å²) in [5.41, 5.74) is 2.74. The lowest BCUT2D eigenvalue weighted by molar-refractivity contribution is 0.254. The zero-order valence-corrected chi connectivity index (χ0v) is 4.84. The minimum absolute atomic E-state index is 1.51. The average Bonchev–Trinajstić information content (AvgIpc) is 1.68. The number of nitrogens with one attached hydrogen (secondary N) is 1. The predicted octanol–water partition coefficient (Wildman–Crippen LogP) is 0.0496. The Labute approximate surface area is 43.2 Å². The lowest BCUT2D eigenvalue weighted by Crippen LogP contribution is -2.24. The fourth-order valence-corrected chi connectivity index (χ4v) is 0.179. The molecule has 0 saturated carbocycles. The molecule has 0 amide bonds. The first-order chi connectivity index (χ1) is 3.31. The first-order valence-electron chi connectivity index (χ1n) is 2.02. The molecule has 4 heteroatoms. The van der Waals surface area contributed by atoms with Crippen LogP contribution in [0.25, 0.3) is 0 Å². The summed E-state index contributed by atoms with van der Waals surface area (Å²) < 4.78 is 0. The van der Waals surface area contributed by atoms with Gasteiger partial charge in [0.1, 0.15) is 0 Å². The quantitative estimate of drug-likeness (QED) is 0.395. The van der Waals surface area contributed by atoms with Crippen molar-refractivity contribution in [3.05, 3.63) is 0 Å². The van der Waals surface area contributed by atoms with Gasteiger partial charge in [0, 0.05) is 14.1 Å². The number of rotatable bonds is 2. The minimum Gasteiger partial charge on any atom is -0.220 e. The molecular weight excluding hydrogens is 92.1 g/mol. The van der Waals surface area contributed by atoms with Gasteiger partial charge in [-0.3, -0.25) is 0 Å². The van der Waals surface area contributed by atoms with E-state index in [-0.39, 0.29) is 0 Å². The summed E-state index contributed by atoms with van der Waals surface area (Å²) in [6.45, 7) is 0. The van der Waals surface area contributed by atoms with Crippen LogP contribution in [0.15, 0.2) is 10.3 Å². The van der Waals surface area contributed by atoms with Gasteiger partial charge in [0.2, 0.25) is 0 Å². The highest BCUT2D eigenvalue weighted by Crippen LogP contribution is 1.71. The van der Waals surface area contributed by atoms with E-state index in [2.05, 4.69) is 15.8 Å². The van der Waals surface area contributed by atoms with E-state index >= 15 is 0 Å². The SMILES string of the molecule is CN=NN(C)NC. The lowest BCUT2D eigenvalue weighted by Gasteiger charge is -2.05. The monoisotopic (exact) mass is 102 g/mol. The maximum Gasteiger partial charge on any atom is 0.0509 e. The highest BCUT2D eigenvalue weighted by Gasteiger charge is 1.77. The first-order valence-corrected chi connectivity index (χ1v) is 2.02. The van der Waals surface area contributed by atoms with E-state index < -0.39 is 0 Å². The van der Waals surface area contributed by atoms with E-state index in [9.17, 15) is 0 Å². The van der Waals surface area contributed by atoms with Crippen LogP contribution in [0.4, 0.5) is 0 Å². The molecule has 0 aliphatic carbocycles. The zero-order valence-electron chi connectivity index (χ0n) is 4.84. The summed E-state index contributed by atoms with van der Waals surface area (Å²) in [5.74, 6) is 0. The van der Waals surface area contributed by atoms with Gasteiger partial charge in [0.05, 0.1) is 7.05 Å². The van der Waals surface area contributed by atoms with Gasteiger partial charge in [-0.1, -0.05) is 5.22 Å². The Kier molecular flexibility index (Phi) is 3.22. The van der Waals surface area contributed by atoms with Crippen molar-refractivity contribution in [3.8, 4) is 0 Å². The number of nitrogens with zero attached hydrogens (tertiary/aromatic N) is 3. The molecule has 4 nitrogen and oxygen atoms in total. The smallest absolute Gasteiger partial charge is 0.0509 e. The van der Waals surface area contributed by atoms with Crippen LogP contribution in [-0.4, -0.2) is 26.3 Å². The van der Waals surface area contributed by atoms with Gasteiger partial charge < -0.3 is 0 Å². The number of hydrogen-bond donors (Lipinski definition) is 1. The standard InChI is InChI=1S/C3H10N4/c1-4-6-7(3)5-2/h5H,1-3H3. The third-order valence-electron chi connectivity index (χ3n) is 0.547. The van der Waals surface area contributed by atoms with Crippen LogP contribution in [0.5, 0.6) is 0 Å². The molecule has 0 rings (SSSR count). The zero-order chi connectivity index (χ0) is 5.70. The van der Waals surface area contributed by atoms with Crippen LogP contribution in [0.2, 0.25) is 0 Å². The van der Waals surface area contributed by atoms with Crippen LogP contribution in [-0.2, 0) is 0 Å². The Morgan fingerprint density at radius 3 is 2.29 bits per heavy atom. The molecule has 0 spiro atoms. The molecule has 0 bridgehead atoms. The van der Waals surface area contributed by atoms with E-state index in [1.54, 1.807) is 21.1 Å². The topological polar surface area (TPSA) is 40.0 Å². The van der Waals surface area contributed by atoms with Gasteiger partial charge in [-0.15, -0.1) is 0 Å². The van der Waals surface area contributed by atoms with Crippen molar-refractivity contribution in [2.45, 2.75) is 0 Å². The maximum absolute atomic E-state index is 3.59. The molecule has 0 aromatic rings. The third-order valence-corrected chi connectivity index (χ3v) is 0.547. The van der Waals surface area contributed by atoms with Crippen molar-refractivity contribution in [1.82, 2.24) is 10.5 Å². The third kappa shape index (κ3) is 3.18. The van der Waals surface area contributed by atoms with Crippen molar-refractivity contribution >= 4 is 0 Å². The predicted molar refractivity (Wildman–Crippen MR) is 27.6 cm³/mol. The van der Waals surface area contributed by atoms with E-state index in [0.29, 0.717) is 0 Å². The van der Waals surface area contributed by atoms with Gasteiger partial charge in [-0.2, -0.15) is 5.11 Å². The van der Waals surface area contributed by atoms with Gasteiger partial charge in [0.15, 0.2) is 0 Å². The normalized spacial score (nSPS) is 10.1. The van der Waals surface area contributed by atoms with Gasteiger partial charge >= 0.3 is 0 Å². The van der Waals surface area contributed by atoms with Crippen molar-refractivity contribution in [2.75, 3.05) is 21.1 Å². The van der Waals surface area contributed by atoms with Crippen LogP contribution < -0.4 is 5.43 Å². The summed E-state index contributed by atoms with van der Waals surface area (Å²) in [6, 6.07) is 0. The molecule has 0 heterocycles. The molecule has 0 unspecified atom stereocenters. The molecule has 7 heavy (non-hydrogen) atoms. The highest BCUT2D eigenvalue weighted by molar-refractivity contribution is 4.16. The van der Waals surface area contributed by atoms with Gasteiger partial charge in [0.25, 0.3) is 0 Å². The Bertz CT molecular complexity index is 60.0. The molecule has 0 aliphatic heterocycles.